The highest BCUT2D eigenvalue weighted by Gasteiger charge is 2.46. The van der Waals surface area contributed by atoms with Gasteiger partial charge in [-0.25, -0.2) is 9.59 Å². The lowest BCUT2D eigenvalue weighted by Gasteiger charge is -2.27. The summed E-state index contributed by atoms with van der Waals surface area (Å²) in [6.45, 7) is 8.86. The lowest BCUT2D eigenvalue weighted by atomic mass is 10.1. The molecule has 8 nitrogen and oxygen atoms in total. The molecule has 37 heavy (non-hydrogen) atoms. The Morgan fingerprint density at radius 3 is 2.49 bits per heavy atom. The van der Waals surface area contributed by atoms with Gasteiger partial charge in [-0.2, -0.15) is 0 Å². The van der Waals surface area contributed by atoms with Gasteiger partial charge in [-0.3, -0.25) is 9.58 Å². The third-order valence-electron chi connectivity index (χ3n) is 6.25. The van der Waals surface area contributed by atoms with Crippen molar-refractivity contribution in [1.82, 2.24) is 19.9 Å². The summed E-state index contributed by atoms with van der Waals surface area (Å²) in [6, 6.07) is 17.9. The van der Waals surface area contributed by atoms with E-state index in [2.05, 4.69) is 22.4 Å². The summed E-state index contributed by atoms with van der Waals surface area (Å²) in [6.07, 6.45) is 4.21. The van der Waals surface area contributed by atoms with Crippen LogP contribution in [-0.2, 0) is 29.0 Å². The van der Waals surface area contributed by atoms with Gasteiger partial charge in [0.1, 0.15) is 11.3 Å². The fraction of sp³-hybridized carbons (Fsp3) is 0.448. The van der Waals surface area contributed by atoms with E-state index in [1.807, 2.05) is 62.0 Å². The van der Waals surface area contributed by atoms with Crippen LogP contribution in [0.2, 0.25) is 0 Å². The Morgan fingerprint density at radius 1 is 1.08 bits per heavy atom. The maximum absolute atomic E-state index is 13.1. The third-order valence-corrected chi connectivity index (χ3v) is 6.25. The summed E-state index contributed by atoms with van der Waals surface area (Å²) in [5.41, 5.74) is 3.11. The predicted molar refractivity (Wildman–Crippen MR) is 140 cm³/mol. The minimum atomic E-state index is -0.571. The third kappa shape index (κ3) is 7.41. The molecule has 1 aromatic heterocycles. The van der Waals surface area contributed by atoms with Gasteiger partial charge in [0.2, 0.25) is 0 Å². The van der Waals surface area contributed by atoms with Gasteiger partial charge in [0.25, 0.3) is 0 Å². The summed E-state index contributed by atoms with van der Waals surface area (Å²) in [5.74, 6) is 0.00453. The van der Waals surface area contributed by atoms with E-state index in [0.29, 0.717) is 31.2 Å². The first kappa shape index (κ1) is 26.4. The largest absolute Gasteiger partial charge is 0.462 e. The lowest BCUT2D eigenvalue weighted by molar-refractivity contribution is 0.0210. The zero-order chi connectivity index (χ0) is 26.4. The number of ether oxygens (including phenoxy) is 2. The number of carbonyl (C=O) groups is 2. The molecule has 2 unspecified atom stereocenters. The molecular formula is C29H36N4O4. The number of hydrogen-bond donors (Lipinski definition) is 0. The topological polar surface area (TPSA) is 86.5 Å². The van der Waals surface area contributed by atoms with Gasteiger partial charge in [0, 0.05) is 18.5 Å². The van der Waals surface area contributed by atoms with Crippen LogP contribution >= 0.6 is 0 Å². The smallest absolute Gasteiger partial charge is 0.410 e. The van der Waals surface area contributed by atoms with Gasteiger partial charge in [-0.05, 0) is 70.2 Å². The van der Waals surface area contributed by atoms with Crippen LogP contribution in [0.15, 0.2) is 60.8 Å². The second-order valence-corrected chi connectivity index (χ2v) is 10.4. The molecule has 0 aliphatic heterocycles. The number of benzene rings is 2. The molecule has 1 amide bonds. The van der Waals surface area contributed by atoms with Gasteiger partial charge in [-0.1, -0.05) is 47.7 Å². The molecule has 1 heterocycles. The van der Waals surface area contributed by atoms with Crippen LogP contribution in [0.5, 0.6) is 0 Å². The van der Waals surface area contributed by atoms with Crippen LogP contribution in [0.1, 0.15) is 73.6 Å². The molecule has 1 aliphatic rings. The molecule has 2 atom stereocenters. The van der Waals surface area contributed by atoms with Crippen molar-refractivity contribution >= 4 is 12.1 Å². The lowest BCUT2D eigenvalue weighted by Crippen LogP contribution is -2.38. The molecule has 0 bridgehead atoms. The molecule has 1 saturated carbocycles. The summed E-state index contributed by atoms with van der Waals surface area (Å²) < 4.78 is 12.6. The fourth-order valence-electron chi connectivity index (χ4n) is 4.38. The van der Waals surface area contributed by atoms with Crippen LogP contribution < -0.4 is 0 Å². The van der Waals surface area contributed by atoms with Gasteiger partial charge in [0.15, 0.2) is 0 Å². The second kappa shape index (κ2) is 11.6. The molecule has 1 aliphatic carbocycles. The maximum atomic E-state index is 13.1. The number of rotatable bonds is 10. The molecular weight excluding hydrogens is 468 g/mol. The van der Waals surface area contributed by atoms with Gasteiger partial charge in [0.05, 0.1) is 24.9 Å². The van der Waals surface area contributed by atoms with Crippen molar-refractivity contribution in [2.24, 2.45) is 0 Å². The average Bonchev–Trinajstić information content (AvgIpc) is 3.53. The van der Waals surface area contributed by atoms with Crippen molar-refractivity contribution in [2.75, 3.05) is 6.61 Å². The highest BCUT2D eigenvalue weighted by atomic mass is 16.6. The van der Waals surface area contributed by atoms with Crippen molar-refractivity contribution in [3.8, 4) is 0 Å². The molecule has 1 fully saturated rings. The van der Waals surface area contributed by atoms with Crippen LogP contribution in [0, 0.1) is 0 Å². The van der Waals surface area contributed by atoms with E-state index in [1.165, 1.54) is 5.56 Å². The molecule has 8 heteroatoms. The Hall–Kier alpha value is -3.68. The summed E-state index contributed by atoms with van der Waals surface area (Å²) in [5, 5.41) is 8.60. The first-order valence-electron chi connectivity index (χ1n) is 12.9. The van der Waals surface area contributed by atoms with E-state index in [4.69, 9.17) is 9.47 Å². The molecule has 196 valence electrons. The zero-order valence-corrected chi connectivity index (χ0v) is 22.1. The molecule has 4 rings (SSSR count). The Kier molecular flexibility index (Phi) is 8.26. The quantitative estimate of drug-likeness (QED) is 0.345. The molecule has 3 aromatic rings. The Morgan fingerprint density at radius 2 is 1.81 bits per heavy atom. The minimum Gasteiger partial charge on any atom is -0.462 e. The number of amides is 1. The molecule has 0 N–H and O–H groups in total. The van der Waals surface area contributed by atoms with E-state index in [0.717, 1.165) is 30.5 Å². The van der Waals surface area contributed by atoms with Crippen molar-refractivity contribution < 1.29 is 19.1 Å². The van der Waals surface area contributed by atoms with Crippen LogP contribution in [0.3, 0.4) is 0 Å². The molecule has 0 spiro atoms. The number of hydrogen-bond acceptors (Lipinski definition) is 6. The van der Waals surface area contributed by atoms with Crippen LogP contribution in [0.25, 0.3) is 0 Å². The normalized spacial score (nSPS) is 16.8. The Labute approximate surface area is 218 Å². The minimum absolute atomic E-state index is 0.0833. The van der Waals surface area contributed by atoms with Crippen molar-refractivity contribution in [2.45, 2.75) is 77.6 Å². The molecule has 0 saturated heterocycles. The van der Waals surface area contributed by atoms with E-state index in [-0.39, 0.29) is 18.1 Å². The summed E-state index contributed by atoms with van der Waals surface area (Å²) >= 11 is 0. The summed E-state index contributed by atoms with van der Waals surface area (Å²) in [7, 11) is 0. The van der Waals surface area contributed by atoms with E-state index in [1.54, 1.807) is 24.0 Å². The zero-order valence-electron chi connectivity index (χ0n) is 22.1. The number of aryl methyl sites for hydroxylation is 2. The van der Waals surface area contributed by atoms with Crippen molar-refractivity contribution in [3.05, 3.63) is 83.2 Å². The van der Waals surface area contributed by atoms with Gasteiger partial charge < -0.3 is 9.47 Å². The van der Waals surface area contributed by atoms with Crippen molar-refractivity contribution in [3.63, 3.8) is 0 Å². The van der Waals surface area contributed by atoms with Crippen LogP contribution in [-0.4, -0.2) is 50.2 Å². The van der Waals surface area contributed by atoms with Crippen LogP contribution in [0.4, 0.5) is 4.79 Å². The number of aromatic nitrogens is 3. The van der Waals surface area contributed by atoms with Gasteiger partial charge >= 0.3 is 12.1 Å². The van der Waals surface area contributed by atoms with E-state index in [9.17, 15) is 9.59 Å². The molecule has 2 aromatic carbocycles. The summed E-state index contributed by atoms with van der Waals surface area (Å²) in [4.78, 5) is 26.7. The number of esters is 1. The fourth-order valence-corrected chi connectivity index (χ4v) is 4.38. The number of nitrogens with zero attached hydrogens (tertiary/aromatic N) is 4. The Balaban J connectivity index is 1.34. The van der Waals surface area contributed by atoms with E-state index >= 15 is 0 Å². The second-order valence-electron chi connectivity index (χ2n) is 10.4. The van der Waals surface area contributed by atoms with E-state index < -0.39 is 5.60 Å². The first-order chi connectivity index (χ1) is 17.7. The molecule has 0 radical (unpaired) electrons. The Bertz CT molecular complexity index is 1180. The standard InChI is InChI=1S/C29H36N4O4/c1-5-36-27(34)23-15-13-21(14-16-23)10-9-17-32-19-24(30-31-32)20-33(28(35)37-29(2,3)4)26-18-25(26)22-11-7-6-8-12-22/h6-8,11-16,19,25-26H,5,9-10,17-18,20H2,1-4H3. The SMILES string of the molecule is CCOC(=O)c1ccc(CCCn2cc(CN(C(=O)OC(C)(C)C)C3CC3c3ccccc3)nn2)cc1. The highest BCUT2D eigenvalue weighted by molar-refractivity contribution is 5.89. The number of carbonyl (C=O) groups excluding carboxylic acids is 2. The van der Waals surface area contributed by atoms with Gasteiger partial charge in [-0.15, -0.1) is 5.10 Å². The van der Waals surface area contributed by atoms with Crippen molar-refractivity contribution in [1.29, 1.82) is 0 Å². The maximum Gasteiger partial charge on any atom is 0.410 e. The average molecular weight is 505 g/mol. The highest BCUT2D eigenvalue weighted by Crippen LogP contribution is 2.45. The first-order valence-corrected chi connectivity index (χ1v) is 12.9. The monoisotopic (exact) mass is 504 g/mol. The predicted octanol–water partition coefficient (Wildman–Crippen LogP) is 5.38.